The SMILES string of the molecule is O=C(c1ccc2ccccc2c1)N1CCN(Cc2c[nH]cn2)c2ccccc2C1. The largest absolute Gasteiger partial charge is 0.364 e. The van der Waals surface area contributed by atoms with Crippen LogP contribution < -0.4 is 4.90 Å². The van der Waals surface area contributed by atoms with E-state index in [9.17, 15) is 4.79 Å². The van der Waals surface area contributed by atoms with Crippen molar-refractivity contribution in [3.8, 4) is 0 Å². The molecule has 0 saturated heterocycles. The summed E-state index contributed by atoms with van der Waals surface area (Å²) in [6, 6.07) is 22.4. The molecule has 1 aliphatic rings. The van der Waals surface area contributed by atoms with Crippen LogP contribution >= 0.6 is 0 Å². The molecule has 1 amide bonds. The van der Waals surface area contributed by atoms with Gasteiger partial charge in [0.05, 0.1) is 18.6 Å². The van der Waals surface area contributed by atoms with Gasteiger partial charge in [0.25, 0.3) is 5.91 Å². The number of amides is 1. The number of anilines is 1. The second kappa shape index (κ2) is 7.43. The number of H-pyrrole nitrogens is 1. The summed E-state index contributed by atoms with van der Waals surface area (Å²) in [4.78, 5) is 25.0. The zero-order chi connectivity index (χ0) is 19.6. The summed E-state index contributed by atoms with van der Waals surface area (Å²) in [5, 5.41) is 2.24. The number of aromatic amines is 1. The molecule has 2 heterocycles. The number of hydrogen-bond acceptors (Lipinski definition) is 3. The van der Waals surface area contributed by atoms with Gasteiger partial charge in [-0.3, -0.25) is 4.79 Å². The average molecular weight is 382 g/mol. The summed E-state index contributed by atoms with van der Waals surface area (Å²) < 4.78 is 0. The van der Waals surface area contributed by atoms with Crippen molar-refractivity contribution in [1.82, 2.24) is 14.9 Å². The summed E-state index contributed by atoms with van der Waals surface area (Å²) in [7, 11) is 0. The zero-order valence-corrected chi connectivity index (χ0v) is 16.1. The standard InChI is InChI=1S/C24H22N4O/c29-24(20-10-9-18-5-1-2-6-19(18)13-20)28-12-11-27(16-22-14-25-17-26-22)23-8-4-3-7-21(23)15-28/h1-10,13-14,17H,11-12,15-16H2,(H,25,26). The van der Waals surface area contributed by atoms with E-state index in [-0.39, 0.29) is 5.91 Å². The molecule has 1 N–H and O–H groups in total. The van der Waals surface area contributed by atoms with Crippen molar-refractivity contribution in [1.29, 1.82) is 0 Å². The van der Waals surface area contributed by atoms with Crippen molar-refractivity contribution >= 4 is 22.4 Å². The van der Waals surface area contributed by atoms with E-state index in [1.54, 1.807) is 6.33 Å². The predicted molar refractivity (Wildman–Crippen MR) is 115 cm³/mol. The summed E-state index contributed by atoms with van der Waals surface area (Å²) in [5.41, 5.74) is 4.06. The maximum atomic E-state index is 13.3. The van der Waals surface area contributed by atoms with E-state index in [2.05, 4.69) is 45.2 Å². The molecule has 0 fully saturated rings. The minimum absolute atomic E-state index is 0.0761. The first-order valence-corrected chi connectivity index (χ1v) is 9.86. The first-order valence-electron chi connectivity index (χ1n) is 9.86. The molecule has 0 radical (unpaired) electrons. The van der Waals surface area contributed by atoms with Gasteiger partial charge in [0.15, 0.2) is 0 Å². The monoisotopic (exact) mass is 382 g/mol. The van der Waals surface area contributed by atoms with Gasteiger partial charge < -0.3 is 14.8 Å². The van der Waals surface area contributed by atoms with Crippen molar-refractivity contribution in [2.75, 3.05) is 18.0 Å². The molecule has 29 heavy (non-hydrogen) atoms. The lowest BCUT2D eigenvalue weighted by Crippen LogP contribution is -2.35. The molecule has 5 rings (SSSR count). The van der Waals surface area contributed by atoms with Crippen molar-refractivity contribution < 1.29 is 4.79 Å². The maximum Gasteiger partial charge on any atom is 0.254 e. The van der Waals surface area contributed by atoms with Crippen LogP contribution in [0.15, 0.2) is 79.3 Å². The third kappa shape index (κ3) is 3.47. The Morgan fingerprint density at radius 1 is 0.966 bits per heavy atom. The summed E-state index contributed by atoms with van der Waals surface area (Å²) in [6.07, 6.45) is 3.63. The highest BCUT2D eigenvalue weighted by molar-refractivity contribution is 5.98. The number of fused-ring (bicyclic) bond motifs is 2. The fourth-order valence-corrected chi connectivity index (χ4v) is 4.02. The summed E-state index contributed by atoms with van der Waals surface area (Å²) >= 11 is 0. The Kier molecular flexibility index (Phi) is 4.48. The Hall–Kier alpha value is -3.60. The van der Waals surface area contributed by atoms with Crippen LogP contribution in [0.3, 0.4) is 0 Å². The van der Waals surface area contributed by atoms with Crippen molar-refractivity contribution in [3.05, 3.63) is 96.1 Å². The van der Waals surface area contributed by atoms with Crippen molar-refractivity contribution in [3.63, 3.8) is 0 Å². The average Bonchev–Trinajstić information content (AvgIpc) is 3.21. The second-order valence-electron chi connectivity index (χ2n) is 7.40. The zero-order valence-electron chi connectivity index (χ0n) is 16.1. The van der Waals surface area contributed by atoms with Gasteiger partial charge in [0, 0.05) is 37.1 Å². The molecule has 1 aromatic heterocycles. The van der Waals surface area contributed by atoms with E-state index < -0.39 is 0 Å². The lowest BCUT2D eigenvalue weighted by Gasteiger charge is -2.24. The van der Waals surface area contributed by atoms with Crippen LogP contribution in [0.5, 0.6) is 0 Å². The van der Waals surface area contributed by atoms with Crippen LogP contribution in [0.2, 0.25) is 0 Å². The Bertz CT molecular complexity index is 1150. The number of hydrogen-bond donors (Lipinski definition) is 1. The van der Waals surface area contributed by atoms with Crippen molar-refractivity contribution in [2.24, 2.45) is 0 Å². The molecule has 144 valence electrons. The molecule has 0 unspecified atom stereocenters. The van der Waals surface area contributed by atoms with Crippen LogP contribution in [0.4, 0.5) is 5.69 Å². The van der Waals surface area contributed by atoms with Gasteiger partial charge in [0.2, 0.25) is 0 Å². The molecule has 5 heteroatoms. The molecule has 0 aliphatic carbocycles. The second-order valence-corrected chi connectivity index (χ2v) is 7.40. The molecule has 0 saturated carbocycles. The molecule has 0 spiro atoms. The number of rotatable bonds is 3. The van der Waals surface area contributed by atoms with Crippen molar-refractivity contribution in [2.45, 2.75) is 13.1 Å². The van der Waals surface area contributed by atoms with E-state index in [0.717, 1.165) is 40.7 Å². The molecular weight excluding hydrogens is 360 g/mol. The highest BCUT2D eigenvalue weighted by Crippen LogP contribution is 2.27. The smallest absolute Gasteiger partial charge is 0.254 e. The van der Waals surface area contributed by atoms with Gasteiger partial charge in [-0.05, 0) is 34.5 Å². The molecule has 1 aliphatic heterocycles. The number of carbonyl (C=O) groups is 1. The minimum Gasteiger partial charge on any atom is -0.364 e. The minimum atomic E-state index is 0.0761. The van der Waals surface area contributed by atoms with E-state index in [0.29, 0.717) is 13.1 Å². The van der Waals surface area contributed by atoms with E-state index >= 15 is 0 Å². The third-order valence-electron chi connectivity index (χ3n) is 5.52. The summed E-state index contributed by atoms with van der Waals surface area (Å²) in [6.45, 7) is 2.77. The van der Waals surface area contributed by atoms with Gasteiger partial charge >= 0.3 is 0 Å². The Labute approximate surface area is 169 Å². The summed E-state index contributed by atoms with van der Waals surface area (Å²) in [5.74, 6) is 0.0761. The maximum absolute atomic E-state index is 13.3. The molecule has 0 bridgehead atoms. The number of aromatic nitrogens is 2. The number of imidazole rings is 1. The number of nitrogens with zero attached hydrogens (tertiary/aromatic N) is 3. The number of para-hydroxylation sites is 1. The number of carbonyl (C=O) groups excluding carboxylic acids is 1. The Balaban J connectivity index is 1.43. The van der Waals surface area contributed by atoms with Crippen LogP contribution in [-0.2, 0) is 13.1 Å². The van der Waals surface area contributed by atoms with Gasteiger partial charge in [-0.1, -0.05) is 48.5 Å². The molecule has 5 nitrogen and oxygen atoms in total. The molecular formula is C24H22N4O. The van der Waals surface area contributed by atoms with Crippen LogP contribution in [-0.4, -0.2) is 33.9 Å². The predicted octanol–water partition coefficient (Wildman–Crippen LogP) is 4.23. The normalized spacial score (nSPS) is 13.9. The Morgan fingerprint density at radius 3 is 2.66 bits per heavy atom. The first kappa shape index (κ1) is 17.5. The van der Waals surface area contributed by atoms with Gasteiger partial charge in [-0.2, -0.15) is 0 Å². The van der Waals surface area contributed by atoms with Gasteiger partial charge in [-0.15, -0.1) is 0 Å². The lowest BCUT2D eigenvalue weighted by molar-refractivity contribution is 0.0751. The van der Waals surface area contributed by atoms with E-state index in [1.807, 2.05) is 47.5 Å². The topological polar surface area (TPSA) is 52.2 Å². The quantitative estimate of drug-likeness (QED) is 0.577. The van der Waals surface area contributed by atoms with Gasteiger partial charge in [0.1, 0.15) is 0 Å². The van der Waals surface area contributed by atoms with E-state index in [4.69, 9.17) is 0 Å². The number of benzene rings is 3. The fraction of sp³-hybridized carbons (Fsp3) is 0.167. The highest BCUT2D eigenvalue weighted by atomic mass is 16.2. The van der Waals surface area contributed by atoms with Gasteiger partial charge in [-0.25, -0.2) is 4.98 Å². The first-order chi connectivity index (χ1) is 14.3. The molecule has 4 aromatic rings. The fourth-order valence-electron chi connectivity index (χ4n) is 4.02. The third-order valence-corrected chi connectivity index (χ3v) is 5.52. The molecule has 0 atom stereocenters. The highest BCUT2D eigenvalue weighted by Gasteiger charge is 2.24. The molecule has 3 aromatic carbocycles. The van der Waals surface area contributed by atoms with Crippen LogP contribution in [0.1, 0.15) is 21.6 Å². The lowest BCUT2D eigenvalue weighted by atomic mass is 10.1. The van der Waals surface area contributed by atoms with Crippen LogP contribution in [0, 0.1) is 0 Å². The Morgan fingerprint density at radius 2 is 1.79 bits per heavy atom. The van der Waals surface area contributed by atoms with E-state index in [1.165, 1.54) is 5.69 Å². The number of nitrogens with one attached hydrogen (secondary N) is 1. The van der Waals surface area contributed by atoms with Crippen LogP contribution in [0.25, 0.3) is 10.8 Å².